The average molecular weight is 230 g/mol. The van der Waals surface area contributed by atoms with Gasteiger partial charge in [0.1, 0.15) is 16.3 Å². The van der Waals surface area contributed by atoms with Gasteiger partial charge in [0.05, 0.1) is 0 Å². The first-order valence-electron chi connectivity index (χ1n) is 4.42. The van der Waals surface area contributed by atoms with Gasteiger partial charge in [0.25, 0.3) is 0 Å². The van der Waals surface area contributed by atoms with Crippen molar-refractivity contribution in [2.75, 3.05) is 0 Å². The summed E-state index contributed by atoms with van der Waals surface area (Å²) in [5, 5.41) is -0.00301. The second kappa shape index (κ2) is 4.06. The van der Waals surface area contributed by atoms with Crippen molar-refractivity contribution in [2.45, 2.75) is 26.4 Å². The Morgan fingerprint density at radius 2 is 2.07 bits per heavy atom. The largest absolute Gasteiger partial charge is 0.456 e. The molecule has 1 aromatic rings. The zero-order valence-corrected chi connectivity index (χ0v) is 9.51. The van der Waals surface area contributed by atoms with Crippen LogP contribution in [0.2, 0.25) is 5.15 Å². The minimum Gasteiger partial charge on any atom is -0.456 e. The SMILES string of the molecule is CC(C)(C)OC(=O)c1c(Cl)[nH]ccc1=O. The van der Waals surface area contributed by atoms with Gasteiger partial charge in [-0.1, -0.05) is 11.6 Å². The second-order valence-corrected chi connectivity index (χ2v) is 4.41. The van der Waals surface area contributed by atoms with E-state index >= 15 is 0 Å². The van der Waals surface area contributed by atoms with Crippen molar-refractivity contribution in [1.29, 1.82) is 0 Å². The molecule has 0 saturated heterocycles. The summed E-state index contributed by atoms with van der Waals surface area (Å²) in [6.07, 6.45) is 1.37. The van der Waals surface area contributed by atoms with Crippen molar-refractivity contribution in [3.05, 3.63) is 33.2 Å². The first kappa shape index (κ1) is 11.8. The number of aromatic amines is 1. The molecule has 0 aliphatic carbocycles. The first-order chi connectivity index (χ1) is 6.81. The average Bonchev–Trinajstić information content (AvgIpc) is 1.99. The van der Waals surface area contributed by atoms with E-state index in [9.17, 15) is 9.59 Å². The van der Waals surface area contributed by atoms with Crippen molar-refractivity contribution in [3.63, 3.8) is 0 Å². The molecule has 82 valence electrons. The zero-order valence-electron chi connectivity index (χ0n) is 8.76. The van der Waals surface area contributed by atoms with E-state index in [-0.39, 0.29) is 10.7 Å². The molecule has 0 amide bonds. The van der Waals surface area contributed by atoms with Gasteiger partial charge in [-0.15, -0.1) is 0 Å². The predicted molar refractivity (Wildman–Crippen MR) is 57.2 cm³/mol. The van der Waals surface area contributed by atoms with E-state index in [1.54, 1.807) is 20.8 Å². The standard InChI is InChI=1S/C10H12ClNO3/c1-10(2,3)15-9(14)7-6(13)4-5-12-8(7)11/h4-5H,1-3H3,(H,12,13). The molecular formula is C10H12ClNO3. The Kier molecular flexibility index (Phi) is 3.19. The Morgan fingerprint density at radius 3 is 2.53 bits per heavy atom. The third-order valence-corrected chi connectivity index (χ3v) is 1.81. The maximum atomic E-state index is 11.6. The molecule has 1 rings (SSSR count). The number of ether oxygens (including phenoxy) is 1. The number of hydrogen-bond donors (Lipinski definition) is 1. The lowest BCUT2D eigenvalue weighted by atomic mass is 10.2. The fourth-order valence-electron chi connectivity index (χ4n) is 0.974. The van der Waals surface area contributed by atoms with Gasteiger partial charge in [-0.3, -0.25) is 4.79 Å². The van der Waals surface area contributed by atoms with Crippen LogP contribution in [0.5, 0.6) is 0 Å². The van der Waals surface area contributed by atoms with Gasteiger partial charge in [-0.25, -0.2) is 4.79 Å². The van der Waals surface area contributed by atoms with Crippen LogP contribution in [0, 0.1) is 0 Å². The summed E-state index contributed by atoms with van der Waals surface area (Å²) >= 11 is 5.70. The van der Waals surface area contributed by atoms with Crippen LogP contribution in [0.25, 0.3) is 0 Å². The fourth-order valence-corrected chi connectivity index (χ4v) is 1.21. The Morgan fingerprint density at radius 1 is 1.47 bits per heavy atom. The van der Waals surface area contributed by atoms with Crippen LogP contribution >= 0.6 is 11.6 Å². The van der Waals surface area contributed by atoms with Gasteiger partial charge in [0.15, 0.2) is 5.43 Å². The summed E-state index contributed by atoms with van der Waals surface area (Å²) in [5.74, 6) is -0.714. The normalized spacial score (nSPS) is 11.2. The lowest BCUT2D eigenvalue weighted by Gasteiger charge is -2.19. The van der Waals surface area contributed by atoms with E-state index in [2.05, 4.69) is 4.98 Å². The number of esters is 1. The van der Waals surface area contributed by atoms with E-state index in [1.807, 2.05) is 0 Å². The number of carbonyl (C=O) groups excluding carboxylic acids is 1. The smallest absolute Gasteiger partial charge is 0.345 e. The Labute approximate surface area is 92.2 Å². The number of carbonyl (C=O) groups is 1. The molecule has 1 N–H and O–H groups in total. The summed E-state index contributed by atoms with van der Waals surface area (Å²) in [4.78, 5) is 25.5. The van der Waals surface area contributed by atoms with Gasteiger partial charge < -0.3 is 9.72 Å². The number of rotatable bonds is 1. The van der Waals surface area contributed by atoms with Gasteiger partial charge in [0, 0.05) is 12.3 Å². The summed E-state index contributed by atoms with van der Waals surface area (Å²) in [6, 6.07) is 1.23. The maximum Gasteiger partial charge on any atom is 0.345 e. The number of aromatic nitrogens is 1. The third kappa shape index (κ3) is 3.09. The van der Waals surface area contributed by atoms with Crippen LogP contribution in [0.4, 0.5) is 0 Å². The Balaban J connectivity index is 3.07. The van der Waals surface area contributed by atoms with E-state index < -0.39 is 17.0 Å². The number of halogens is 1. The van der Waals surface area contributed by atoms with Gasteiger partial charge in [-0.2, -0.15) is 0 Å². The van der Waals surface area contributed by atoms with Gasteiger partial charge in [-0.05, 0) is 20.8 Å². The highest BCUT2D eigenvalue weighted by Crippen LogP contribution is 2.14. The predicted octanol–water partition coefficient (Wildman–Crippen LogP) is 1.98. The number of H-pyrrole nitrogens is 1. The summed E-state index contributed by atoms with van der Waals surface area (Å²) < 4.78 is 5.04. The molecular weight excluding hydrogens is 218 g/mol. The Hall–Kier alpha value is -1.29. The molecule has 5 heteroatoms. The molecule has 0 radical (unpaired) electrons. The van der Waals surface area contributed by atoms with Crippen molar-refractivity contribution in [3.8, 4) is 0 Å². The molecule has 15 heavy (non-hydrogen) atoms. The topological polar surface area (TPSA) is 59.2 Å². The van der Waals surface area contributed by atoms with Crippen LogP contribution in [0.3, 0.4) is 0 Å². The van der Waals surface area contributed by atoms with E-state index in [0.717, 1.165) is 0 Å². The quantitative estimate of drug-likeness (QED) is 0.592. The molecule has 0 atom stereocenters. The maximum absolute atomic E-state index is 11.6. The lowest BCUT2D eigenvalue weighted by Crippen LogP contribution is -2.27. The highest BCUT2D eigenvalue weighted by Gasteiger charge is 2.22. The van der Waals surface area contributed by atoms with Crippen LogP contribution in [-0.2, 0) is 4.74 Å². The zero-order chi connectivity index (χ0) is 11.6. The molecule has 0 aliphatic rings. The molecule has 1 aromatic heterocycles. The number of nitrogens with one attached hydrogen (secondary N) is 1. The van der Waals surface area contributed by atoms with Crippen LogP contribution in [0.15, 0.2) is 17.1 Å². The molecule has 0 aliphatic heterocycles. The van der Waals surface area contributed by atoms with Gasteiger partial charge in [0.2, 0.25) is 0 Å². The fraction of sp³-hybridized carbons (Fsp3) is 0.400. The van der Waals surface area contributed by atoms with Crippen molar-refractivity contribution >= 4 is 17.6 Å². The lowest BCUT2D eigenvalue weighted by molar-refractivity contribution is 0.00679. The first-order valence-corrected chi connectivity index (χ1v) is 4.79. The highest BCUT2D eigenvalue weighted by atomic mass is 35.5. The number of pyridine rings is 1. The van der Waals surface area contributed by atoms with Crippen molar-refractivity contribution in [1.82, 2.24) is 4.98 Å². The molecule has 1 heterocycles. The van der Waals surface area contributed by atoms with Gasteiger partial charge >= 0.3 is 5.97 Å². The molecule has 4 nitrogen and oxygen atoms in total. The molecule has 0 unspecified atom stereocenters. The minimum atomic E-state index is -0.714. The summed E-state index contributed by atoms with van der Waals surface area (Å²) in [5.41, 5.74) is -1.26. The molecule has 0 fully saturated rings. The molecule has 0 aromatic carbocycles. The number of hydrogen-bond acceptors (Lipinski definition) is 3. The van der Waals surface area contributed by atoms with Crippen LogP contribution in [0.1, 0.15) is 31.1 Å². The monoisotopic (exact) mass is 229 g/mol. The van der Waals surface area contributed by atoms with E-state index in [1.165, 1.54) is 12.3 Å². The molecule has 0 saturated carbocycles. The highest BCUT2D eigenvalue weighted by molar-refractivity contribution is 6.32. The van der Waals surface area contributed by atoms with E-state index in [4.69, 9.17) is 16.3 Å². The van der Waals surface area contributed by atoms with E-state index in [0.29, 0.717) is 0 Å². The third-order valence-electron chi connectivity index (χ3n) is 1.51. The van der Waals surface area contributed by atoms with Crippen LogP contribution in [-0.4, -0.2) is 16.6 Å². The Bertz CT molecular complexity index is 431. The molecule has 0 bridgehead atoms. The minimum absolute atomic E-state index is 0.00301. The van der Waals surface area contributed by atoms with Crippen molar-refractivity contribution in [2.24, 2.45) is 0 Å². The van der Waals surface area contributed by atoms with Crippen LogP contribution < -0.4 is 5.43 Å². The van der Waals surface area contributed by atoms with Crippen molar-refractivity contribution < 1.29 is 9.53 Å². The second-order valence-electron chi connectivity index (χ2n) is 4.03. The summed E-state index contributed by atoms with van der Waals surface area (Å²) in [6.45, 7) is 5.15. The molecule has 0 spiro atoms. The summed E-state index contributed by atoms with van der Waals surface area (Å²) in [7, 11) is 0.